The second-order valence-electron chi connectivity index (χ2n) is 8.68. The first-order chi connectivity index (χ1) is 19.0. The number of rotatable bonds is 12. The maximum absolute atomic E-state index is 12.5. The van der Waals surface area contributed by atoms with Crippen molar-refractivity contribution < 1.29 is 28.7 Å². The maximum atomic E-state index is 12.5. The lowest BCUT2D eigenvalue weighted by Crippen LogP contribution is -2.33. The minimum absolute atomic E-state index is 0.0717. The van der Waals surface area contributed by atoms with Crippen LogP contribution in [0.1, 0.15) is 29.5 Å². The van der Waals surface area contributed by atoms with Crippen LogP contribution in [0.2, 0.25) is 0 Å². The molecular formula is C31H29NO7. The molecular weight excluding hydrogens is 498 g/mol. The van der Waals surface area contributed by atoms with Crippen LogP contribution in [-0.2, 0) is 15.1 Å². The lowest BCUT2D eigenvalue weighted by Gasteiger charge is -2.36. The molecule has 0 unspecified atom stereocenters. The van der Waals surface area contributed by atoms with Gasteiger partial charge in [-0.15, -0.1) is 0 Å². The molecule has 8 heteroatoms. The number of esters is 1. The highest BCUT2D eigenvalue weighted by molar-refractivity contribution is 5.72. The Bertz CT molecular complexity index is 1320. The van der Waals surface area contributed by atoms with Gasteiger partial charge in [-0.25, -0.2) is 0 Å². The van der Waals surface area contributed by atoms with E-state index in [-0.39, 0.29) is 24.5 Å². The summed E-state index contributed by atoms with van der Waals surface area (Å²) in [5.74, 6) is 1.25. The average molecular weight is 528 g/mol. The quantitative estimate of drug-likeness (QED) is 0.0532. The van der Waals surface area contributed by atoms with E-state index in [9.17, 15) is 14.9 Å². The zero-order chi connectivity index (χ0) is 27.7. The molecule has 0 heterocycles. The largest absolute Gasteiger partial charge is 0.497 e. The Hall–Kier alpha value is -4.69. The number of hydrogen-bond donors (Lipinski definition) is 0. The Morgan fingerprint density at radius 2 is 1.21 bits per heavy atom. The van der Waals surface area contributed by atoms with Crippen molar-refractivity contribution in [2.24, 2.45) is 0 Å². The van der Waals surface area contributed by atoms with E-state index < -0.39 is 16.5 Å². The van der Waals surface area contributed by atoms with Crippen molar-refractivity contribution in [2.45, 2.75) is 18.4 Å². The van der Waals surface area contributed by atoms with Crippen molar-refractivity contribution in [3.05, 3.63) is 130 Å². The predicted octanol–water partition coefficient (Wildman–Crippen LogP) is 6.31. The van der Waals surface area contributed by atoms with Crippen molar-refractivity contribution in [1.82, 2.24) is 0 Å². The van der Waals surface area contributed by atoms with Crippen LogP contribution >= 0.6 is 0 Å². The Morgan fingerprint density at radius 3 is 1.69 bits per heavy atom. The number of ether oxygens (including phenoxy) is 4. The van der Waals surface area contributed by atoms with E-state index >= 15 is 0 Å². The number of carbonyl (C=O) groups is 1. The van der Waals surface area contributed by atoms with E-state index in [0.29, 0.717) is 6.42 Å². The number of benzene rings is 4. The Labute approximate surface area is 226 Å². The fourth-order valence-corrected chi connectivity index (χ4v) is 4.33. The van der Waals surface area contributed by atoms with Crippen molar-refractivity contribution in [3.8, 4) is 17.2 Å². The van der Waals surface area contributed by atoms with Gasteiger partial charge >= 0.3 is 5.97 Å². The second kappa shape index (κ2) is 12.7. The van der Waals surface area contributed by atoms with Crippen LogP contribution in [0.3, 0.4) is 0 Å². The topological polar surface area (TPSA) is 97.1 Å². The third kappa shape index (κ3) is 6.42. The molecule has 0 N–H and O–H groups in total. The zero-order valence-electron chi connectivity index (χ0n) is 21.7. The van der Waals surface area contributed by atoms with Crippen molar-refractivity contribution in [2.75, 3.05) is 20.8 Å². The van der Waals surface area contributed by atoms with Gasteiger partial charge in [-0.3, -0.25) is 14.9 Å². The summed E-state index contributed by atoms with van der Waals surface area (Å²) in [4.78, 5) is 22.8. The average Bonchev–Trinajstić information content (AvgIpc) is 2.98. The zero-order valence-corrected chi connectivity index (χ0v) is 21.7. The third-order valence-electron chi connectivity index (χ3n) is 6.30. The molecule has 0 bridgehead atoms. The smallest absolute Gasteiger partial charge is 0.311 e. The van der Waals surface area contributed by atoms with Crippen molar-refractivity contribution in [1.29, 1.82) is 0 Å². The molecule has 0 saturated carbocycles. The molecule has 39 heavy (non-hydrogen) atoms. The van der Waals surface area contributed by atoms with Gasteiger partial charge in [0.05, 0.1) is 19.1 Å². The monoisotopic (exact) mass is 527 g/mol. The number of hydrogen-bond acceptors (Lipinski definition) is 7. The third-order valence-corrected chi connectivity index (χ3v) is 6.30. The maximum Gasteiger partial charge on any atom is 0.311 e. The van der Waals surface area contributed by atoms with E-state index in [2.05, 4.69) is 0 Å². The number of carbonyl (C=O) groups excluding carboxylic acids is 1. The first kappa shape index (κ1) is 27.3. The van der Waals surface area contributed by atoms with Crippen LogP contribution in [0.5, 0.6) is 17.2 Å². The summed E-state index contributed by atoms with van der Waals surface area (Å²) >= 11 is 0. The highest BCUT2D eigenvalue weighted by atomic mass is 16.6. The van der Waals surface area contributed by atoms with Gasteiger partial charge in [0, 0.05) is 25.2 Å². The van der Waals surface area contributed by atoms with Gasteiger partial charge < -0.3 is 18.9 Å². The SMILES string of the molecule is COc1ccc(C(OCCCC(=O)Oc2ccc([N+](=O)[O-])cc2)(c2ccccc2)c2ccc(OC)cc2)cc1. The highest BCUT2D eigenvalue weighted by Gasteiger charge is 2.37. The molecule has 0 aliphatic carbocycles. The van der Waals surface area contributed by atoms with Gasteiger partial charge in [0.2, 0.25) is 0 Å². The van der Waals surface area contributed by atoms with Gasteiger partial charge in [-0.05, 0) is 59.5 Å². The standard InChI is InChI=1S/C31H29NO7/c1-36-27-16-10-24(11-17-27)31(23-7-4-3-5-8-23,25-12-18-28(37-2)19-13-25)38-22-6-9-30(33)39-29-20-14-26(15-21-29)32(34)35/h3-5,7-8,10-21H,6,9,22H2,1-2H3. The van der Waals surface area contributed by atoms with Gasteiger partial charge in [0.1, 0.15) is 22.8 Å². The summed E-state index contributed by atoms with van der Waals surface area (Å²) in [6, 6.07) is 30.7. The Balaban J connectivity index is 1.57. The summed E-state index contributed by atoms with van der Waals surface area (Å²) in [6.45, 7) is 0.252. The van der Waals surface area contributed by atoms with E-state index in [0.717, 1.165) is 28.2 Å². The Morgan fingerprint density at radius 1 is 0.718 bits per heavy atom. The minimum atomic E-state index is -0.970. The molecule has 0 saturated heterocycles. The summed E-state index contributed by atoms with van der Waals surface area (Å²) < 4.78 is 22.8. The molecule has 0 atom stereocenters. The molecule has 0 spiro atoms. The molecule has 4 rings (SSSR count). The van der Waals surface area contributed by atoms with Crippen LogP contribution < -0.4 is 14.2 Å². The number of non-ortho nitro benzene ring substituents is 1. The summed E-state index contributed by atoms with van der Waals surface area (Å²) in [5.41, 5.74) is 1.68. The van der Waals surface area contributed by atoms with Gasteiger partial charge in [0.25, 0.3) is 5.69 Å². The van der Waals surface area contributed by atoms with Crippen molar-refractivity contribution >= 4 is 11.7 Å². The van der Waals surface area contributed by atoms with Crippen LogP contribution in [-0.4, -0.2) is 31.7 Å². The molecule has 0 aromatic heterocycles. The summed E-state index contributed by atoms with van der Waals surface area (Å²) in [5, 5.41) is 10.8. The first-order valence-corrected chi connectivity index (χ1v) is 12.4. The van der Waals surface area contributed by atoms with E-state index in [1.54, 1.807) is 14.2 Å². The van der Waals surface area contributed by atoms with E-state index in [1.165, 1.54) is 24.3 Å². The molecule has 0 radical (unpaired) electrons. The highest BCUT2D eigenvalue weighted by Crippen LogP contribution is 2.41. The summed E-state index contributed by atoms with van der Waals surface area (Å²) in [7, 11) is 3.24. The fourth-order valence-electron chi connectivity index (χ4n) is 4.33. The van der Waals surface area contributed by atoms with Crippen LogP contribution in [0.25, 0.3) is 0 Å². The van der Waals surface area contributed by atoms with E-state index in [4.69, 9.17) is 18.9 Å². The lowest BCUT2D eigenvalue weighted by molar-refractivity contribution is -0.384. The van der Waals surface area contributed by atoms with Gasteiger partial charge in [0.15, 0.2) is 0 Å². The molecule has 8 nitrogen and oxygen atoms in total. The first-order valence-electron chi connectivity index (χ1n) is 12.4. The summed E-state index contributed by atoms with van der Waals surface area (Å²) in [6.07, 6.45) is 0.500. The van der Waals surface area contributed by atoms with Gasteiger partial charge in [-0.2, -0.15) is 0 Å². The Kier molecular flexibility index (Phi) is 8.91. The number of methoxy groups -OCH3 is 2. The molecule has 0 fully saturated rings. The van der Waals surface area contributed by atoms with Crippen LogP contribution in [0, 0.1) is 10.1 Å². The fraction of sp³-hybridized carbons (Fsp3) is 0.194. The second-order valence-corrected chi connectivity index (χ2v) is 8.68. The molecule has 4 aromatic carbocycles. The van der Waals surface area contributed by atoms with E-state index in [1.807, 2.05) is 78.9 Å². The predicted molar refractivity (Wildman–Crippen MR) is 146 cm³/mol. The normalized spacial score (nSPS) is 11.0. The molecule has 0 aliphatic rings. The van der Waals surface area contributed by atoms with Crippen LogP contribution in [0.4, 0.5) is 5.69 Å². The molecule has 0 amide bonds. The molecule has 0 aliphatic heterocycles. The lowest BCUT2D eigenvalue weighted by atomic mass is 9.80. The van der Waals surface area contributed by atoms with Crippen molar-refractivity contribution in [3.63, 3.8) is 0 Å². The number of nitro groups is 1. The molecule has 200 valence electrons. The number of nitrogens with zero attached hydrogens (tertiary/aromatic N) is 1. The number of nitro benzene ring substituents is 1. The molecule has 4 aromatic rings. The van der Waals surface area contributed by atoms with Gasteiger partial charge in [-0.1, -0.05) is 54.6 Å². The minimum Gasteiger partial charge on any atom is -0.497 e. The van der Waals surface area contributed by atoms with Crippen LogP contribution in [0.15, 0.2) is 103 Å².